The summed E-state index contributed by atoms with van der Waals surface area (Å²) in [6, 6.07) is -0.851. The zero-order valence-corrected chi connectivity index (χ0v) is 33.3. The van der Waals surface area contributed by atoms with Crippen molar-refractivity contribution in [3.8, 4) is 0 Å². The summed E-state index contributed by atoms with van der Waals surface area (Å²) in [7, 11) is 0. The van der Waals surface area contributed by atoms with E-state index in [4.69, 9.17) is 10.5 Å². The van der Waals surface area contributed by atoms with Gasteiger partial charge in [0.1, 0.15) is 12.1 Å². The van der Waals surface area contributed by atoms with E-state index in [9.17, 15) is 19.5 Å². The first-order valence-electron chi connectivity index (χ1n) is 21.9. The Bertz CT molecular complexity index is 762. The average Bonchev–Trinajstić information content (AvgIpc) is 3.10. The van der Waals surface area contributed by atoms with Gasteiger partial charge in [-0.2, -0.15) is 0 Å². The van der Waals surface area contributed by atoms with Crippen LogP contribution in [0, 0.1) is 0 Å². The van der Waals surface area contributed by atoms with Crippen molar-refractivity contribution >= 4 is 17.8 Å². The molecule has 50 heavy (non-hydrogen) atoms. The number of carbonyl (C=O) groups is 3. The van der Waals surface area contributed by atoms with Crippen molar-refractivity contribution in [1.82, 2.24) is 5.32 Å². The molecule has 0 aromatic rings. The summed E-state index contributed by atoms with van der Waals surface area (Å²) in [5.41, 5.74) is 5.48. The molecule has 7 heteroatoms. The fraction of sp³-hybridized carbons (Fsp3) is 0.930. The minimum Gasteiger partial charge on any atom is -0.480 e. The topological polar surface area (TPSA) is 119 Å². The lowest BCUT2D eigenvalue weighted by atomic mass is 10.0. The lowest BCUT2D eigenvalue weighted by Crippen LogP contribution is -2.40. The van der Waals surface area contributed by atoms with Gasteiger partial charge in [-0.05, 0) is 57.9 Å². The van der Waals surface area contributed by atoms with Gasteiger partial charge in [0.25, 0.3) is 0 Å². The number of esters is 1. The van der Waals surface area contributed by atoms with Crippen LogP contribution < -0.4 is 11.1 Å². The largest absolute Gasteiger partial charge is 0.480 e. The maximum Gasteiger partial charge on any atom is 0.326 e. The van der Waals surface area contributed by atoms with Crippen LogP contribution in [0.1, 0.15) is 239 Å². The molecule has 0 aromatic heterocycles. The third-order valence-electron chi connectivity index (χ3n) is 10.2. The van der Waals surface area contributed by atoms with E-state index >= 15 is 0 Å². The summed E-state index contributed by atoms with van der Waals surface area (Å²) in [5.74, 6) is -1.22. The number of amides is 1. The first-order valence-corrected chi connectivity index (χ1v) is 21.9. The highest BCUT2D eigenvalue weighted by Gasteiger charge is 2.19. The van der Waals surface area contributed by atoms with E-state index in [1.54, 1.807) is 0 Å². The Morgan fingerprint density at radius 2 is 0.860 bits per heavy atom. The Hall–Kier alpha value is -1.63. The molecule has 296 valence electrons. The Kier molecular flexibility index (Phi) is 37.3. The molecule has 0 heterocycles. The Morgan fingerprint density at radius 1 is 0.500 bits per heavy atom. The SMILES string of the molecule is CCCCCCCCCCCCCCCCCCC(=O)OC(CCCCCCCCCC)CCCCCCCC(=O)NC(CCCN)C(=O)O. The number of rotatable bonds is 40. The normalized spacial score (nSPS) is 12.5. The van der Waals surface area contributed by atoms with Crippen molar-refractivity contribution in [1.29, 1.82) is 0 Å². The highest BCUT2D eigenvalue weighted by atomic mass is 16.5. The molecule has 0 aliphatic rings. The standard InChI is InChI=1S/C43H84N2O5/c1-3-5-7-9-11-13-14-15-16-17-18-19-20-22-27-31-37-42(47)50-39(33-28-24-21-12-10-8-6-4-2)34-29-25-23-26-30-36-41(46)45-40(43(48)49)35-32-38-44/h39-40H,3-38,44H2,1-2H3,(H,45,46)(H,48,49). The molecule has 0 aliphatic carbocycles. The van der Waals surface area contributed by atoms with E-state index in [0.29, 0.717) is 32.2 Å². The van der Waals surface area contributed by atoms with Gasteiger partial charge < -0.3 is 20.9 Å². The number of aliphatic carboxylic acids is 1. The van der Waals surface area contributed by atoms with Crippen LogP contribution in [0.25, 0.3) is 0 Å². The Labute approximate surface area is 309 Å². The highest BCUT2D eigenvalue weighted by Crippen LogP contribution is 2.19. The summed E-state index contributed by atoms with van der Waals surface area (Å²) >= 11 is 0. The molecule has 0 fully saturated rings. The predicted molar refractivity (Wildman–Crippen MR) is 211 cm³/mol. The van der Waals surface area contributed by atoms with Gasteiger partial charge in [-0.25, -0.2) is 4.79 Å². The monoisotopic (exact) mass is 709 g/mol. The second-order valence-electron chi connectivity index (χ2n) is 15.1. The number of carbonyl (C=O) groups excluding carboxylic acids is 2. The van der Waals surface area contributed by atoms with Crippen molar-refractivity contribution in [2.45, 2.75) is 251 Å². The lowest BCUT2D eigenvalue weighted by Gasteiger charge is -2.18. The number of nitrogens with one attached hydrogen (secondary N) is 1. The maximum atomic E-state index is 12.7. The van der Waals surface area contributed by atoms with Gasteiger partial charge in [0.2, 0.25) is 5.91 Å². The smallest absolute Gasteiger partial charge is 0.326 e. The zero-order valence-electron chi connectivity index (χ0n) is 33.3. The van der Waals surface area contributed by atoms with Crippen LogP contribution in [0.4, 0.5) is 0 Å². The molecular weight excluding hydrogens is 624 g/mol. The van der Waals surface area contributed by atoms with Crippen LogP contribution in [0.3, 0.4) is 0 Å². The quantitative estimate of drug-likeness (QED) is 0.0430. The number of hydrogen-bond donors (Lipinski definition) is 3. The summed E-state index contributed by atoms with van der Waals surface area (Å²) in [4.78, 5) is 36.3. The molecule has 0 saturated carbocycles. The minimum atomic E-state index is -1.00. The fourth-order valence-corrected chi connectivity index (χ4v) is 6.86. The fourth-order valence-electron chi connectivity index (χ4n) is 6.86. The number of carboxylic acid groups (broad SMARTS) is 1. The van der Waals surface area contributed by atoms with E-state index in [1.165, 1.54) is 135 Å². The van der Waals surface area contributed by atoms with Crippen LogP contribution >= 0.6 is 0 Å². The van der Waals surface area contributed by atoms with Gasteiger partial charge in [0.05, 0.1) is 0 Å². The summed E-state index contributed by atoms with van der Waals surface area (Å²) in [6.07, 6.45) is 40.1. The lowest BCUT2D eigenvalue weighted by molar-refractivity contribution is -0.150. The molecule has 0 spiro atoms. The van der Waals surface area contributed by atoms with E-state index < -0.39 is 12.0 Å². The summed E-state index contributed by atoms with van der Waals surface area (Å²) < 4.78 is 6.03. The highest BCUT2D eigenvalue weighted by molar-refractivity contribution is 5.83. The Balaban J connectivity index is 4.15. The van der Waals surface area contributed by atoms with Gasteiger partial charge in [0, 0.05) is 12.8 Å². The summed E-state index contributed by atoms with van der Waals surface area (Å²) in [6.45, 7) is 4.95. The van der Waals surface area contributed by atoms with Crippen LogP contribution in [0.15, 0.2) is 0 Å². The third kappa shape index (κ3) is 34.8. The molecule has 0 aliphatic heterocycles. The maximum absolute atomic E-state index is 12.7. The first-order chi connectivity index (χ1) is 24.4. The van der Waals surface area contributed by atoms with Crippen molar-refractivity contribution < 1.29 is 24.2 Å². The number of unbranched alkanes of at least 4 members (excludes halogenated alkanes) is 26. The van der Waals surface area contributed by atoms with Gasteiger partial charge >= 0.3 is 11.9 Å². The van der Waals surface area contributed by atoms with Gasteiger partial charge in [-0.3, -0.25) is 9.59 Å². The van der Waals surface area contributed by atoms with Gasteiger partial charge in [-0.15, -0.1) is 0 Å². The molecule has 2 atom stereocenters. The van der Waals surface area contributed by atoms with Crippen molar-refractivity contribution in [2.24, 2.45) is 5.73 Å². The first kappa shape index (κ1) is 48.4. The van der Waals surface area contributed by atoms with E-state index in [1.807, 2.05) is 0 Å². The molecule has 0 bridgehead atoms. The number of hydrogen-bond acceptors (Lipinski definition) is 5. The molecule has 7 nitrogen and oxygen atoms in total. The molecule has 0 saturated heterocycles. The van der Waals surface area contributed by atoms with Crippen LogP contribution in [-0.2, 0) is 19.1 Å². The van der Waals surface area contributed by atoms with E-state index in [-0.39, 0.29) is 18.0 Å². The number of nitrogens with two attached hydrogens (primary N) is 1. The van der Waals surface area contributed by atoms with E-state index in [2.05, 4.69) is 19.2 Å². The van der Waals surface area contributed by atoms with Gasteiger partial charge in [0.15, 0.2) is 0 Å². The molecule has 1 amide bonds. The molecule has 0 radical (unpaired) electrons. The number of carboxylic acids is 1. The average molecular weight is 709 g/mol. The third-order valence-corrected chi connectivity index (χ3v) is 10.2. The minimum absolute atomic E-state index is 0.0166. The molecular formula is C43H84N2O5. The number of ether oxygens (including phenoxy) is 1. The molecule has 2 unspecified atom stereocenters. The molecule has 0 aromatic carbocycles. The second kappa shape index (κ2) is 38.6. The van der Waals surface area contributed by atoms with Crippen molar-refractivity contribution in [3.63, 3.8) is 0 Å². The molecule has 0 rings (SSSR count). The van der Waals surface area contributed by atoms with Crippen LogP contribution in [0.5, 0.6) is 0 Å². The second-order valence-corrected chi connectivity index (χ2v) is 15.1. The predicted octanol–water partition coefficient (Wildman–Crippen LogP) is 12.1. The van der Waals surface area contributed by atoms with Crippen LogP contribution in [0.2, 0.25) is 0 Å². The Morgan fingerprint density at radius 3 is 1.24 bits per heavy atom. The van der Waals surface area contributed by atoms with Crippen LogP contribution in [-0.4, -0.2) is 41.6 Å². The molecule has 4 N–H and O–H groups in total. The van der Waals surface area contributed by atoms with Crippen molar-refractivity contribution in [3.05, 3.63) is 0 Å². The van der Waals surface area contributed by atoms with Gasteiger partial charge in [-0.1, -0.05) is 174 Å². The van der Waals surface area contributed by atoms with E-state index in [0.717, 1.165) is 64.2 Å². The van der Waals surface area contributed by atoms with Crippen molar-refractivity contribution in [2.75, 3.05) is 6.54 Å². The summed E-state index contributed by atoms with van der Waals surface area (Å²) in [5, 5.41) is 11.9. The zero-order chi connectivity index (χ0) is 36.8.